The minimum atomic E-state index is 0.245. The fourth-order valence-corrected chi connectivity index (χ4v) is 2.60. The number of rotatable bonds is 4. The predicted molar refractivity (Wildman–Crippen MR) is 66.9 cm³/mol. The molecule has 0 aromatic carbocycles. The molecule has 1 atom stereocenters. The number of nitrogens with two attached hydrogens (primary N) is 1. The van der Waals surface area contributed by atoms with Crippen LogP contribution in [0.15, 0.2) is 0 Å². The molecule has 2 rings (SSSR count). The highest BCUT2D eigenvalue weighted by Crippen LogP contribution is 2.28. The standard InChI is InChI=1S/C13H21N3O/c1-8(2)5-10-13-11(16-15-10)6-9(3-4-14)7-12(13)17/h8-9H,3-7,14H2,1-2H3,(H,15,16). The number of carbonyl (C=O) groups excluding carboxylic acids is 1. The van der Waals surface area contributed by atoms with Crippen molar-refractivity contribution in [1.82, 2.24) is 10.2 Å². The van der Waals surface area contributed by atoms with E-state index in [2.05, 4.69) is 24.0 Å². The van der Waals surface area contributed by atoms with Gasteiger partial charge in [0.2, 0.25) is 0 Å². The fourth-order valence-electron chi connectivity index (χ4n) is 2.60. The van der Waals surface area contributed by atoms with Crippen molar-refractivity contribution < 1.29 is 4.79 Å². The van der Waals surface area contributed by atoms with Crippen LogP contribution in [0.25, 0.3) is 0 Å². The molecule has 1 aromatic rings. The summed E-state index contributed by atoms with van der Waals surface area (Å²) in [6, 6.07) is 0. The highest BCUT2D eigenvalue weighted by molar-refractivity contribution is 5.99. The van der Waals surface area contributed by atoms with Gasteiger partial charge in [0.15, 0.2) is 5.78 Å². The van der Waals surface area contributed by atoms with Crippen LogP contribution in [-0.2, 0) is 12.8 Å². The van der Waals surface area contributed by atoms with E-state index in [0.29, 0.717) is 24.8 Å². The number of hydrogen-bond acceptors (Lipinski definition) is 3. The van der Waals surface area contributed by atoms with Crippen molar-refractivity contribution in [2.75, 3.05) is 6.54 Å². The van der Waals surface area contributed by atoms with E-state index < -0.39 is 0 Å². The molecule has 17 heavy (non-hydrogen) atoms. The normalized spacial score (nSPS) is 19.8. The van der Waals surface area contributed by atoms with Crippen molar-refractivity contribution in [3.05, 3.63) is 17.0 Å². The van der Waals surface area contributed by atoms with Crippen LogP contribution in [0.5, 0.6) is 0 Å². The number of nitrogens with one attached hydrogen (secondary N) is 1. The number of hydrogen-bond donors (Lipinski definition) is 2. The summed E-state index contributed by atoms with van der Waals surface area (Å²) < 4.78 is 0. The van der Waals surface area contributed by atoms with Gasteiger partial charge in [0.05, 0.1) is 11.3 Å². The number of H-pyrrole nitrogens is 1. The van der Waals surface area contributed by atoms with E-state index in [0.717, 1.165) is 36.2 Å². The Hall–Kier alpha value is -1.16. The van der Waals surface area contributed by atoms with Crippen LogP contribution in [0.2, 0.25) is 0 Å². The van der Waals surface area contributed by atoms with Crippen molar-refractivity contribution >= 4 is 5.78 Å². The van der Waals surface area contributed by atoms with Gasteiger partial charge in [-0.1, -0.05) is 13.8 Å². The smallest absolute Gasteiger partial charge is 0.166 e. The van der Waals surface area contributed by atoms with Gasteiger partial charge in [0.25, 0.3) is 0 Å². The first-order valence-corrected chi connectivity index (χ1v) is 6.41. The average molecular weight is 235 g/mol. The Bertz CT molecular complexity index is 409. The van der Waals surface area contributed by atoms with Gasteiger partial charge in [-0.3, -0.25) is 9.89 Å². The van der Waals surface area contributed by atoms with Gasteiger partial charge in [0.1, 0.15) is 0 Å². The fraction of sp³-hybridized carbons (Fsp3) is 0.692. The Kier molecular flexibility index (Phi) is 3.62. The molecular weight excluding hydrogens is 214 g/mol. The first-order valence-electron chi connectivity index (χ1n) is 6.41. The summed E-state index contributed by atoms with van der Waals surface area (Å²) >= 11 is 0. The van der Waals surface area contributed by atoms with E-state index in [1.165, 1.54) is 0 Å². The summed E-state index contributed by atoms with van der Waals surface area (Å²) in [4.78, 5) is 12.1. The second-order valence-corrected chi connectivity index (χ2v) is 5.40. The molecule has 1 unspecified atom stereocenters. The molecule has 0 bridgehead atoms. The maximum atomic E-state index is 12.1. The molecule has 1 heterocycles. The molecule has 4 nitrogen and oxygen atoms in total. The highest BCUT2D eigenvalue weighted by atomic mass is 16.1. The third kappa shape index (κ3) is 2.57. The number of nitrogens with zero attached hydrogens (tertiary/aromatic N) is 1. The maximum Gasteiger partial charge on any atom is 0.166 e. The van der Waals surface area contributed by atoms with Crippen molar-refractivity contribution in [1.29, 1.82) is 0 Å². The SMILES string of the molecule is CC(C)Cc1n[nH]c2c1C(=O)CC(CCN)C2. The molecule has 0 saturated carbocycles. The van der Waals surface area contributed by atoms with Gasteiger partial charge in [-0.25, -0.2) is 0 Å². The van der Waals surface area contributed by atoms with Crippen molar-refractivity contribution in [2.45, 2.75) is 39.5 Å². The lowest BCUT2D eigenvalue weighted by molar-refractivity contribution is 0.0945. The quantitative estimate of drug-likeness (QED) is 0.834. The molecule has 3 N–H and O–H groups in total. The second-order valence-electron chi connectivity index (χ2n) is 5.40. The summed E-state index contributed by atoms with van der Waals surface area (Å²) in [5.41, 5.74) is 8.40. The molecule has 0 fully saturated rings. The van der Waals surface area contributed by atoms with E-state index in [-0.39, 0.29) is 5.78 Å². The van der Waals surface area contributed by atoms with Gasteiger partial charge in [-0.15, -0.1) is 0 Å². The number of aromatic amines is 1. The highest BCUT2D eigenvalue weighted by Gasteiger charge is 2.29. The van der Waals surface area contributed by atoms with Crippen molar-refractivity contribution in [3.8, 4) is 0 Å². The first-order chi connectivity index (χ1) is 8.11. The van der Waals surface area contributed by atoms with Crippen LogP contribution in [0, 0.1) is 11.8 Å². The number of ketones is 1. The van der Waals surface area contributed by atoms with E-state index in [9.17, 15) is 4.79 Å². The zero-order valence-electron chi connectivity index (χ0n) is 10.6. The zero-order valence-corrected chi connectivity index (χ0v) is 10.6. The number of fused-ring (bicyclic) bond motifs is 1. The van der Waals surface area contributed by atoms with E-state index in [4.69, 9.17) is 5.73 Å². The third-order valence-corrected chi connectivity index (χ3v) is 3.34. The summed E-state index contributed by atoms with van der Waals surface area (Å²) in [7, 11) is 0. The van der Waals surface area contributed by atoms with Crippen LogP contribution >= 0.6 is 0 Å². The minimum Gasteiger partial charge on any atom is -0.330 e. The van der Waals surface area contributed by atoms with Gasteiger partial charge in [-0.2, -0.15) is 5.10 Å². The number of carbonyl (C=O) groups is 1. The maximum absolute atomic E-state index is 12.1. The predicted octanol–water partition coefficient (Wildman–Crippen LogP) is 1.70. The molecule has 0 amide bonds. The first kappa shape index (κ1) is 12.3. The summed E-state index contributed by atoms with van der Waals surface area (Å²) in [5.74, 6) is 1.17. The van der Waals surface area contributed by atoms with Gasteiger partial charge in [-0.05, 0) is 37.6 Å². The van der Waals surface area contributed by atoms with Crippen LogP contribution < -0.4 is 5.73 Å². The second kappa shape index (κ2) is 5.00. The molecule has 94 valence electrons. The van der Waals surface area contributed by atoms with Crippen LogP contribution in [0.4, 0.5) is 0 Å². The summed E-state index contributed by atoms with van der Waals surface area (Å²) in [5, 5.41) is 7.34. The summed E-state index contributed by atoms with van der Waals surface area (Å²) in [6.45, 7) is 4.94. The molecule has 0 radical (unpaired) electrons. The molecule has 0 aliphatic heterocycles. The Balaban J connectivity index is 2.21. The number of aromatic nitrogens is 2. The zero-order chi connectivity index (χ0) is 12.4. The Morgan fingerprint density at radius 2 is 2.24 bits per heavy atom. The molecule has 0 saturated heterocycles. The van der Waals surface area contributed by atoms with Crippen LogP contribution in [-0.4, -0.2) is 22.5 Å². The Labute approximate surface area is 102 Å². The lowest BCUT2D eigenvalue weighted by atomic mass is 9.83. The van der Waals surface area contributed by atoms with Gasteiger partial charge in [0, 0.05) is 12.1 Å². The molecule has 1 aromatic heterocycles. The Morgan fingerprint density at radius 3 is 2.88 bits per heavy atom. The molecule has 1 aliphatic rings. The van der Waals surface area contributed by atoms with E-state index in [1.807, 2.05) is 0 Å². The molecule has 4 heteroatoms. The average Bonchev–Trinajstić information content (AvgIpc) is 2.61. The molecular formula is C13H21N3O. The van der Waals surface area contributed by atoms with E-state index >= 15 is 0 Å². The monoisotopic (exact) mass is 235 g/mol. The molecule has 0 spiro atoms. The van der Waals surface area contributed by atoms with Crippen LogP contribution in [0.1, 0.15) is 48.4 Å². The lowest BCUT2D eigenvalue weighted by Gasteiger charge is -2.20. The minimum absolute atomic E-state index is 0.245. The van der Waals surface area contributed by atoms with Crippen molar-refractivity contribution in [2.24, 2.45) is 17.6 Å². The van der Waals surface area contributed by atoms with Gasteiger partial charge < -0.3 is 5.73 Å². The largest absolute Gasteiger partial charge is 0.330 e. The van der Waals surface area contributed by atoms with E-state index in [1.54, 1.807) is 0 Å². The van der Waals surface area contributed by atoms with Crippen LogP contribution in [0.3, 0.4) is 0 Å². The molecule has 1 aliphatic carbocycles. The third-order valence-electron chi connectivity index (χ3n) is 3.34. The van der Waals surface area contributed by atoms with Gasteiger partial charge >= 0.3 is 0 Å². The lowest BCUT2D eigenvalue weighted by Crippen LogP contribution is -2.22. The topological polar surface area (TPSA) is 71.8 Å². The number of Topliss-reactive ketones (excluding diaryl/α,β-unsaturated/α-hetero) is 1. The van der Waals surface area contributed by atoms with Crippen molar-refractivity contribution in [3.63, 3.8) is 0 Å². The Morgan fingerprint density at radius 1 is 1.47 bits per heavy atom. The summed E-state index contributed by atoms with van der Waals surface area (Å²) in [6.07, 6.45) is 3.35.